The van der Waals surface area contributed by atoms with Crippen LogP contribution in [0.1, 0.15) is 23.4 Å². The summed E-state index contributed by atoms with van der Waals surface area (Å²) in [5, 5.41) is 6.19. The van der Waals surface area contributed by atoms with Gasteiger partial charge in [-0.25, -0.2) is 9.78 Å². The van der Waals surface area contributed by atoms with E-state index in [0.717, 1.165) is 29.1 Å². The van der Waals surface area contributed by atoms with Crippen LogP contribution in [0.3, 0.4) is 0 Å². The highest BCUT2D eigenvalue weighted by Gasteiger charge is 2.46. The fraction of sp³-hybridized carbons (Fsp3) is 0.238. The van der Waals surface area contributed by atoms with E-state index in [1.165, 1.54) is 5.56 Å². The predicted octanol–water partition coefficient (Wildman–Crippen LogP) is 4.64. The number of nitrogens with zero attached hydrogens (tertiary/aromatic N) is 2. The van der Waals surface area contributed by atoms with Crippen LogP contribution in [0.25, 0.3) is 11.3 Å². The SMILES string of the molecule is CN(Cc1nc(-c2ccccc2)cs1)C(=O)NC1(c2ccccc2)CC1. The summed E-state index contributed by atoms with van der Waals surface area (Å²) in [7, 11) is 1.82. The Morgan fingerprint density at radius 2 is 1.77 bits per heavy atom. The summed E-state index contributed by atoms with van der Waals surface area (Å²) in [4.78, 5) is 19.0. The number of carbonyl (C=O) groups is 1. The molecule has 0 spiro atoms. The standard InChI is InChI=1S/C21H21N3OS/c1-24(14-19-22-18(15-26-19)16-8-4-2-5-9-16)20(25)23-21(12-13-21)17-10-6-3-7-11-17/h2-11,15H,12-14H2,1H3,(H,23,25). The largest absolute Gasteiger partial charge is 0.328 e. The highest BCUT2D eigenvalue weighted by atomic mass is 32.1. The Balaban J connectivity index is 1.40. The second-order valence-corrected chi connectivity index (χ2v) is 7.67. The number of nitrogens with one attached hydrogen (secondary N) is 1. The van der Waals surface area contributed by atoms with Gasteiger partial charge in [-0.05, 0) is 18.4 Å². The number of benzene rings is 2. The van der Waals surface area contributed by atoms with Crippen LogP contribution < -0.4 is 5.32 Å². The number of hydrogen-bond donors (Lipinski definition) is 1. The normalized spacial score (nSPS) is 14.7. The zero-order valence-corrected chi connectivity index (χ0v) is 15.5. The van der Waals surface area contributed by atoms with Gasteiger partial charge in [-0.2, -0.15) is 0 Å². The van der Waals surface area contributed by atoms with Gasteiger partial charge in [-0.3, -0.25) is 0 Å². The van der Waals surface area contributed by atoms with Crippen molar-refractivity contribution in [1.29, 1.82) is 0 Å². The van der Waals surface area contributed by atoms with Gasteiger partial charge in [0.1, 0.15) is 5.01 Å². The zero-order valence-electron chi connectivity index (χ0n) is 14.7. The first-order valence-corrected chi connectivity index (χ1v) is 9.63. The third kappa shape index (κ3) is 3.48. The molecule has 1 saturated carbocycles. The molecule has 0 radical (unpaired) electrons. The van der Waals surface area contributed by atoms with Gasteiger partial charge in [0.05, 0.1) is 17.8 Å². The third-order valence-electron chi connectivity index (χ3n) is 4.76. The Hall–Kier alpha value is -2.66. The number of aromatic nitrogens is 1. The summed E-state index contributed by atoms with van der Waals surface area (Å²) in [5.74, 6) is 0. The van der Waals surface area contributed by atoms with Crippen LogP contribution in [0.4, 0.5) is 4.79 Å². The summed E-state index contributed by atoms with van der Waals surface area (Å²) in [6.07, 6.45) is 1.98. The fourth-order valence-corrected chi connectivity index (χ4v) is 3.92. The second kappa shape index (κ2) is 6.92. The van der Waals surface area contributed by atoms with Gasteiger partial charge in [0.25, 0.3) is 0 Å². The lowest BCUT2D eigenvalue weighted by atomic mass is 10.1. The molecule has 0 saturated heterocycles. The molecular weight excluding hydrogens is 342 g/mol. The molecule has 1 aromatic heterocycles. The summed E-state index contributed by atoms with van der Waals surface area (Å²) in [6, 6.07) is 20.3. The van der Waals surface area contributed by atoms with Crippen molar-refractivity contribution in [2.24, 2.45) is 0 Å². The van der Waals surface area contributed by atoms with E-state index in [1.807, 2.05) is 61.0 Å². The van der Waals surface area contributed by atoms with Crippen LogP contribution in [0.2, 0.25) is 0 Å². The Morgan fingerprint density at radius 1 is 1.12 bits per heavy atom. The van der Waals surface area contributed by atoms with Crippen LogP contribution in [-0.4, -0.2) is 23.0 Å². The molecule has 5 heteroatoms. The average Bonchev–Trinajstić information content (AvgIpc) is 3.32. The maximum Gasteiger partial charge on any atom is 0.318 e. The molecule has 2 aromatic carbocycles. The molecule has 3 aromatic rings. The van der Waals surface area contributed by atoms with Crippen molar-refractivity contribution < 1.29 is 4.79 Å². The van der Waals surface area contributed by atoms with Crippen LogP contribution in [0, 0.1) is 0 Å². The number of hydrogen-bond acceptors (Lipinski definition) is 3. The molecule has 0 atom stereocenters. The molecule has 2 amide bonds. The van der Waals surface area contributed by atoms with Crippen LogP contribution >= 0.6 is 11.3 Å². The van der Waals surface area contributed by atoms with Gasteiger partial charge in [-0.1, -0.05) is 60.7 Å². The van der Waals surface area contributed by atoms with E-state index in [2.05, 4.69) is 22.4 Å². The number of carbonyl (C=O) groups excluding carboxylic acids is 1. The molecular formula is C21H21N3OS. The van der Waals surface area contributed by atoms with Crippen molar-refractivity contribution in [3.8, 4) is 11.3 Å². The van der Waals surface area contributed by atoms with Crippen molar-refractivity contribution in [3.63, 3.8) is 0 Å². The highest BCUT2D eigenvalue weighted by molar-refractivity contribution is 7.09. The first-order chi connectivity index (χ1) is 12.7. The first kappa shape index (κ1) is 16.8. The van der Waals surface area contributed by atoms with Crippen molar-refractivity contribution >= 4 is 17.4 Å². The quantitative estimate of drug-likeness (QED) is 0.718. The molecule has 1 N–H and O–H groups in total. The summed E-state index contributed by atoms with van der Waals surface area (Å²) in [5.41, 5.74) is 3.05. The molecule has 4 nitrogen and oxygen atoms in total. The van der Waals surface area contributed by atoms with Crippen molar-refractivity contribution in [2.75, 3.05) is 7.05 Å². The van der Waals surface area contributed by atoms with E-state index in [1.54, 1.807) is 16.2 Å². The molecule has 0 aliphatic heterocycles. The topological polar surface area (TPSA) is 45.2 Å². The minimum atomic E-state index is -0.190. The molecule has 26 heavy (non-hydrogen) atoms. The monoisotopic (exact) mass is 363 g/mol. The number of thiazole rings is 1. The molecule has 132 valence electrons. The van der Waals surface area contributed by atoms with E-state index in [4.69, 9.17) is 0 Å². The number of urea groups is 1. The molecule has 1 heterocycles. The van der Waals surface area contributed by atoms with E-state index >= 15 is 0 Å². The highest BCUT2D eigenvalue weighted by Crippen LogP contribution is 2.45. The van der Waals surface area contributed by atoms with E-state index in [-0.39, 0.29) is 11.6 Å². The molecule has 1 aliphatic carbocycles. The molecule has 0 unspecified atom stereocenters. The van der Waals surface area contributed by atoms with Crippen LogP contribution in [0.5, 0.6) is 0 Å². The first-order valence-electron chi connectivity index (χ1n) is 8.75. The molecule has 1 fully saturated rings. The van der Waals surface area contributed by atoms with Crippen molar-refractivity contribution in [1.82, 2.24) is 15.2 Å². The molecule has 1 aliphatic rings. The molecule has 0 bridgehead atoms. The van der Waals surface area contributed by atoms with Gasteiger partial charge in [0.2, 0.25) is 0 Å². The van der Waals surface area contributed by atoms with Gasteiger partial charge < -0.3 is 10.2 Å². The van der Waals surface area contributed by atoms with Crippen LogP contribution in [0.15, 0.2) is 66.0 Å². The Kier molecular flexibility index (Phi) is 4.47. The van der Waals surface area contributed by atoms with E-state index in [9.17, 15) is 4.79 Å². The summed E-state index contributed by atoms with van der Waals surface area (Å²) >= 11 is 1.59. The van der Waals surface area contributed by atoms with Crippen molar-refractivity contribution in [3.05, 3.63) is 76.6 Å². The lowest BCUT2D eigenvalue weighted by molar-refractivity contribution is 0.201. The third-order valence-corrected chi connectivity index (χ3v) is 5.60. The summed E-state index contributed by atoms with van der Waals surface area (Å²) in [6.45, 7) is 0.508. The van der Waals surface area contributed by atoms with Gasteiger partial charge in [0, 0.05) is 18.0 Å². The second-order valence-electron chi connectivity index (χ2n) is 6.73. The fourth-order valence-electron chi connectivity index (χ4n) is 3.07. The smallest absolute Gasteiger partial charge is 0.318 e. The minimum absolute atomic E-state index is 0.0529. The number of rotatable bonds is 5. The maximum atomic E-state index is 12.6. The van der Waals surface area contributed by atoms with E-state index in [0.29, 0.717) is 6.54 Å². The van der Waals surface area contributed by atoms with Gasteiger partial charge in [0.15, 0.2) is 0 Å². The number of amides is 2. The van der Waals surface area contributed by atoms with E-state index < -0.39 is 0 Å². The Bertz CT molecular complexity index is 888. The zero-order chi connectivity index (χ0) is 18.0. The lowest BCUT2D eigenvalue weighted by Crippen LogP contribution is -2.42. The van der Waals surface area contributed by atoms with Crippen molar-refractivity contribution in [2.45, 2.75) is 24.9 Å². The Morgan fingerprint density at radius 3 is 2.42 bits per heavy atom. The molecule has 4 rings (SSSR count). The lowest BCUT2D eigenvalue weighted by Gasteiger charge is -2.23. The average molecular weight is 363 g/mol. The predicted molar refractivity (Wildman–Crippen MR) is 105 cm³/mol. The minimum Gasteiger partial charge on any atom is -0.328 e. The van der Waals surface area contributed by atoms with Gasteiger partial charge >= 0.3 is 6.03 Å². The van der Waals surface area contributed by atoms with Gasteiger partial charge in [-0.15, -0.1) is 11.3 Å². The van der Waals surface area contributed by atoms with Crippen LogP contribution in [-0.2, 0) is 12.1 Å². The summed E-state index contributed by atoms with van der Waals surface area (Å²) < 4.78 is 0. The maximum absolute atomic E-state index is 12.6. The Labute approximate surface area is 157 Å².